The molecule has 19 heavy (non-hydrogen) atoms. The molecule has 1 fully saturated rings. The minimum absolute atomic E-state index is 0. The Bertz CT molecular complexity index is 248. The monoisotopic (exact) mass is 294 g/mol. The predicted molar refractivity (Wildman–Crippen MR) is 77.8 cm³/mol. The van der Waals surface area contributed by atoms with E-state index in [1.807, 2.05) is 0 Å². The Morgan fingerprint density at radius 1 is 1.21 bits per heavy atom. The van der Waals surface area contributed by atoms with Crippen LogP contribution in [0.5, 0.6) is 0 Å². The van der Waals surface area contributed by atoms with Crippen molar-refractivity contribution in [3.63, 3.8) is 0 Å². The topological polar surface area (TPSA) is 59.6 Å². The number of carbonyl (C=O) groups is 1. The van der Waals surface area contributed by atoms with Gasteiger partial charge in [-0.3, -0.25) is 4.79 Å². The first-order valence-corrected chi connectivity index (χ1v) is 6.68. The first-order chi connectivity index (χ1) is 8.72. The highest BCUT2D eigenvalue weighted by Gasteiger charge is 2.36. The summed E-state index contributed by atoms with van der Waals surface area (Å²) in [5.41, 5.74) is 0.290. The molecule has 2 N–H and O–H groups in total. The van der Waals surface area contributed by atoms with E-state index in [0.717, 1.165) is 19.6 Å². The van der Waals surface area contributed by atoms with Gasteiger partial charge in [-0.2, -0.15) is 0 Å². The molecule has 114 valence electrons. The van der Waals surface area contributed by atoms with Gasteiger partial charge in [0.2, 0.25) is 5.91 Å². The third-order valence-electron chi connectivity index (χ3n) is 3.68. The normalized spacial score (nSPS) is 16.3. The van der Waals surface area contributed by atoms with E-state index >= 15 is 0 Å². The van der Waals surface area contributed by atoms with E-state index in [-0.39, 0.29) is 23.7 Å². The summed E-state index contributed by atoms with van der Waals surface area (Å²) in [6.07, 6.45) is 4.72. The van der Waals surface area contributed by atoms with Gasteiger partial charge in [-0.25, -0.2) is 0 Å². The minimum Gasteiger partial charge on any atom is -0.385 e. The van der Waals surface area contributed by atoms with E-state index in [1.54, 1.807) is 14.2 Å². The van der Waals surface area contributed by atoms with E-state index in [0.29, 0.717) is 19.7 Å². The average Bonchev–Trinajstić information content (AvgIpc) is 2.33. The van der Waals surface area contributed by atoms with Gasteiger partial charge in [0.05, 0.1) is 13.2 Å². The molecule has 0 unspecified atom stereocenters. The Morgan fingerprint density at radius 2 is 1.89 bits per heavy atom. The van der Waals surface area contributed by atoms with Gasteiger partial charge in [-0.05, 0) is 24.7 Å². The quantitative estimate of drug-likeness (QED) is 0.590. The number of rotatable bonds is 10. The van der Waals surface area contributed by atoms with Crippen LogP contribution in [0.4, 0.5) is 0 Å². The fraction of sp³-hybridized carbons (Fsp3) is 0.923. The van der Waals surface area contributed by atoms with Crippen molar-refractivity contribution >= 4 is 18.3 Å². The zero-order chi connectivity index (χ0) is 13.3. The van der Waals surface area contributed by atoms with Crippen molar-refractivity contribution in [2.75, 3.05) is 47.1 Å². The third kappa shape index (κ3) is 7.11. The molecule has 1 rings (SSSR count). The van der Waals surface area contributed by atoms with Crippen LogP contribution >= 0.6 is 12.4 Å². The third-order valence-corrected chi connectivity index (χ3v) is 3.68. The summed E-state index contributed by atoms with van der Waals surface area (Å²) < 4.78 is 10.0. The van der Waals surface area contributed by atoms with E-state index in [4.69, 9.17) is 9.47 Å². The van der Waals surface area contributed by atoms with Crippen LogP contribution in [0.1, 0.15) is 25.7 Å². The highest BCUT2D eigenvalue weighted by atomic mass is 35.5. The molecule has 0 spiro atoms. The van der Waals surface area contributed by atoms with Crippen molar-refractivity contribution in [3.8, 4) is 0 Å². The van der Waals surface area contributed by atoms with Crippen molar-refractivity contribution in [3.05, 3.63) is 0 Å². The SMILES string of the molecule is COCCNCC(=O)NCC1(CCOC)CCC1.Cl. The molecule has 0 aliphatic heterocycles. The van der Waals surface area contributed by atoms with Gasteiger partial charge in [0.25, 0.3) is 0 Å². The van der Waals surface area contributed by atoms with Crippen LogP contribution in [0.3, 0.4) is 0 Å². The van der Waals surface area contributed by atoms with Gasteiger partial charge in [-0.15, -0.1) is 12.4 Å². The minimum atomic E-state index is 0. The molecule has 0 radical (unpaired) electrons. The van der Waals surface area contributed by atoms with Crippen LogP contribution in [0.15, 0.2) is 0 Å². The maximum absolute atomic E-state index is 11.6. The molecule has 1 aliphatic rings. The summed E-state index contributed by atoms with van der Waals surface area (Å²) in [7, 11) is 3.38. The van der Waals surface area contributed by atoms with E-state index in [1.165, 1.54) is 19.3 Å². The van der Waals surface area contributed by atoms with E-state index in [9.17, 15) is 4.79 Å². The summed E-state index contributed by atoms with van der Waals surface area (Å²) in [5.74, 6) is 0.0646. The van der Waals surface area contributed by atoms with Gasteiger partial charge in [0, 0.05) is 33.9 Å². The number of carbonyl (C=O) groups excluding carboxylic acids is 1. The Morgan fingerprint density at radius 3 is 2.42 bits per heavy atom. The molecule has 0 atom stereocenters. The molecule has 1 aliphatic carbocycles. The standard InChI is InChI=1S/C13H26N2O3.ClH/c1-17-8-6-13(4-3-5-13)11-15-12(16)10-14-7-9-18-2;/h14H,3-11H2,1-2H3,(H,15,16);1H. The second-order valence-electron chi connectivity index (χ2n) is 5.04. The number of nitrogens with one attached hydrogen (secondary N) is 2. The average molecular weight is 295 g/mol. The highest BCUT2D eigenvalue weighted by molar-refractivity contribution is 5.85. The van der Waals surface area contributed by atoms with Crippen molar-refractivity contribution in [1.29, 1.82) is 0 Å². The van der Waals surface area contributed by atoms with Gasteiger partial charge in [0.1, 0.15) is 0 Å². The van der Waals surface area contributed by atoms with Crippen molar-refractivity contribution in [2.24, 2.45) is 5.41 Å². The van der Waals surface area contributed by atoms with Crippen molar-refractivity contribution in [2.45, 2.75) is 25.7 Å². The zero-order valence-electron chi connectivity index (χ0n) is 12.0. The molecule has 6 heteroatoms. The molecule has 0 aromatic carbocycles. The summed E-state index contributed by atoms with van der Waals surface area (Å²) in [6.45, 7) is 3.26. The van der Waals surface area contributed by atoms with Gasteiger partial charge in [-0.1, -0.05) is 6.42 Å². The number of halogens is 1. The maximum Gasteiger partial charge on any atom is 0.233 e. The van der Waals surface area contributed by atoms with Crippen LogP contribution in [0.2, 0.25) is 0 Å². The maximum atomic E-state index is 11.6. The summed E-state index contributed by atoms with van der Waals surface area (Å²) in [4.78, 5) is 11.6. The molecule has 5 nitrogen and oxygen atoms in total. The molecule has 0 bridgehead atoms. The first kappa shape index (κ1) is 18.6. The van der Waals surface area contributed by atoms with E-state index in [2.05, 4.69) is 10.6 Å². The number of hydrogen-bond acceptors (Lipinski definition) is 4. The molecule has 0 saturated heterocycles. The second-order valence-corrected chi connectivity index (χ2v) is 5.04. The smallest absolute Gasteiger partial charge is 0.233 e. The van der Waals surface area contributed by atoms with Gasteiger partial charge in [0.15, 0.2) is 0 Å². The Labute approximate surface area is 122 Å². The predicted octanol–water partition coefficient (Wildman–Crippen LogP) is 0.967. The lowest BCUT2D eigenvalue weighted by Crippen LogP contribution is -2.45. The summed E-state index contributed by atoms with van der Waals surface area (Å²) >= 11 is 0. The lowest BCUT2D eigenvalue weighted by molar-refractivity contribution is -0.121. The van der Waals surface area contributed by atoms with Crippen LogP contribution < -0.4 is 10.6 Å². The number of ether oxygens (including phenoxy) is 2. The molecular weight excluding hydrogens is 268 g/mol. The van der Waals surface area contributed by atoms with Crippen LogP contribution in [0.25, 0.3) is 0 Å². The fourth-order valence-electron chi connectivity index (χ4n) is 2.24. The fourth-order valence-corrected chi connectivity index (χ4v) is 2.24. The van der Waals surface area contributed by atoms with Crippen LogP contribution in [0, 0.1) is 5.41 Å². The Hall–Kier alpha value is -0.360. The van der Waals surface area contributed by atoms with Crippen LogP contribution in [-0.4, -0.2) is 53.0 Å². The molecule has 0 aromatic heterocycles. The first-order valence-electron chi connectivity index (χ1n) is 6.68. The second kappa shape index (κ2) is 10.4. The summed E-state index contributed by atoms with van der Waals surface area (Å²) in [5, 5.41) is 6.05. The van der Waals surface area contributed by atoms with Crippen LogP contribution in [-0.2, 0) is 14.3 Å². The number of amides is 1. The molecule has 0 heterocycles. The Balaban J connectivity index is 0.00000324. The largest absolute Gasteiger partial charge is 0.385 e. The van der Waals surface area contributed by atoms with Crippen molar-refractivity contribution < 1.29 is 14.3 Å². The zero-order valence-corrected chi connectivity index (χ0v) is 12.8. The molecule has 1 saturated carbocycles. The lowest BCUT2D eigenvalue weighted by atomic mass is 9.67. The van der Waals surface area contributed by atoms with E-state index < -0.39 is 0 Å². The Kier molecular flexibility index (Phi) is 10.2. The van der Waals surface area contributed by atoms with Crippen molar-refractivity contribution in [1.82, 2.24) is 10.6 Å². The van der Waals surface area contributed by atoms with Gasteiger partial charge < -0.3 is 20.1 Å². The number of methoxy groups -OCH3 is 2. The molecule has 0 aromatic rings. The van der Waals surface area contributed by atoms with Gasteiger partial charge >= 0.3 is 0 Å². The molecular formula is C13H27ClN2O3. The number of hydrogen-bond donors (Lipinski definition) is 2. The summed E-state index contributed by atoms with van der Waals surface area (Å²) in [6, 6.07) is 0. The molecule has 1 amide bonds. The highest BCUT2D eigenvalue weighted by Crippen LogP contribution is 2.43. The lowest BCUT2D eigenvalue weighted by Gasteiger charge is -2.42.